The van der Waals surface area contributed by atoms with Crippen LogP contribution in [0.4, 0.5) is 5.69 Å². The SMILES string of the molecule is CN(C)[C@H]1C(O)C(C(N)=O)C(=O)[C@]2(O)C(=O)C3C(=O)c4c(O)ccc(-c5ccc(NCC(C)(C)C)cc5)c4C[C@@H]3C[C@H]12. The molecule has 224 valence electrons. The first kappa shape index (κ1) is 29.9. The highest BCUT2D eigenvalue weighted by Gasteiger charge is 2.69. The molecular formula is C32H39N3O7. The number of hydrogen-bond donors (Lipinski definition) is 5. The summed E-state index contributed by atoms with van der Waals surface area (Å²) in [4.78, 5) is 55.2. The van der Waals surface area contributed by atoms with Crippen molar-refractivity contribution < 1.29 is 34.5 Å². The minimum atomic E-state index is -2.68. The van der Waals surface area contributed by atoms with E-state index in [2.05, 4.69) is 26.1 Å². The van der Waals surface area contributed by atoms with Crippen LogP contribution in [-0.2, 0) is 20.8 Å². The number of hydrogen-bond acceptors (Lipinski definition) is 9. The molecule has 10 heteroatoms. The smallest absolute Gasteiger partial charge is 0.230 e. The summed E-state index contributed by atoms with van der Waals surface area (Å²) in [5.74, 6) is -9.13. The fourth-order valence-corrected chi connectivity index (χ4v) is 7.23. The Morgan fingerprint density at radius 2 is 1.71 bits per heavy atom. The van der Waals surface area contributed by atoms with Gasteiger partial charge in [-0.05, 0) is 73.2 Å². The lowest BCUT2D eigenvalue weighted by atomic mass is 9.52. The molecule has 0 saturated heterocycles. The number of anilines is 1. The zero-order valence-corrected chi connectivity index (χ0v) is 24.5. The summed E-state index contributed by atoms with van der Waals surface area (Å²) in [5, 5.41) is 37.0. The minimum absolute atomic E-state index is 0.00186. The average Bonchev–Trinajstić information content (AvgIpc) is 2.89. The van der Waals surface area contributed by atoms with Gasteiger partial charge < -0.3 is 31.3 Å². The van der Waals surface area contributed by atoms with E-state index in [0.29, 0.717) is 5.56 Å². The molecule has 0 heterocycles. The van der Waals surface area contributed by atoms with Crippen LogP contribution < -0.4 is 11.1 Å². The van der Waals surface area contributed by atoms with E-state index in [4.69, 9.17) is 5.73 Å². The first-order chi connectivity index (χ1) is 19.6. The molecule has 42 heavy (non-hydrogen) atoms. The maximum absolute atomic E-state index is 14.0. The Morgan fingerprint density at radius 3 is 2.29 bits per heavy atom. The van der Waals surface area contributed by atoms with E-state index in [1.165, 1.54) is 6.07 Å². The second kappa shape index (κ2) is 10.3. The van der Waals surface area contributed by atoms with Crippen LogP contribution in [0.2, 0.25) is 0 Å². The second-order valence-corrected chi connectivity index (χ2v) is 13.4. The summed E-state index contributed by atoms with van der Waals surface area (Å²) in [7, 11) is 3.24. The highest BCUT2D eigenvalue weighted by atomic mass is 16.3. The third-order valence-corrected chi connectivity index (χ3v) is 9.19. The number of phenols is 1. The number of amides is 1. The molecule has 2 aromatic carbocycles. The van der Waals surface area contributed by atoms with E-state index < -0.39 is 64.7 Å². The molecule has 3 aliphatic carbocycles. The largest absolute Gasteiger partial charge is 0.507 e. The normalized spacial score (nSPS) is 30.9. The third kappa shape index (κ3) is 4.62. The Hall–Kier alpha value is -3.60. The highest BCUT2D eigenvalue weighted by Crippen LogP contribution is 2.52. The first-order valence-corrected chi connectivity index (χ1v) is 14.3. The maximum atomic E-state index is 14.0. The van der Waals surface area contributed by atoms with Gasteiger partial charge in [-0.1, -0.05) is 39.0 Å². The first-order valence-electron chi connectivity index (χ1n) is 14.3. The van der Waals surface area contributed by atoms with Crippen LogP contribution in [0.1, 0.15) is 43.1 Å². The number of carbonyl (C=O) groups is 4. The summed E-state index contributed by atoms with van der Waals surface area (Å²) < 4.78 is 0. The number of phenolic OH excluding ortho intramolecular Hbond substituents is 1. The molecule has 3 unspecified atom stereocenters. The number of aromatic hydroxyl groups is 1. The van der Waals surface area contributed by atoms with Gasteiger partial charge in [0.2, 0.25) is 5.91 Å². The fourth-order valence-electron chi connectivity index (χ4n) is 7.23. The van der Waals surface area contributed by atoms with Crippen LogP contribution in [0.15, 0.2) is 36.4 Å². The van der Waals surface area contributed by atoms with Crippen molar-refractivity contribution >= 4 is 28.9 Å². The average molecular weight is 578 g/mol. The quantitative estimate of drug-likeness (QED) is 0.332. The number of benzene rings is 2. The van der Waals surface area contributed by atoms with Gasteiger partial charge in [-0.2, -0.15) is 0 Å². The van der Waals surface area contributed by atoms with Gasteiger partial charge in [0.15, 0.2) is 23.0 Å². The number of fused-ring (bicyclic) bond motifs is 3. The molecule has 0 bridgehead atoms. The fraction of sp³-hybridized carbons (Fsp3) is 0.500. The van der Waals surface area contributed by atoms with E-state index in [0.717, 1.165) is 23.4 Å². The van der Waals surface area contributed by atoms with Gasteiger partial charge in [0.25, 0.3) is 0 Å². The number of ketones is 3. The zero-order valence-electron chi connectivity index (χ0n) is 24.5. The molecule has 0 spiro atoms. The van der Waals surface area contributed by atoms with Gasteiger partial charge in [-0.15, -0.1) is 0 Å². The molecule has 10 nitrogen and oxygen atoms in total. The van der Waals surface area contributed by atoms with Gasteiger partial charge in [0.05, 0.1) is 17.6 Å². The van der Waals surface area contributed by atoms with Crippen molar-refractivity contribution in [1.29, 1.82) is 0 Å². The summed E-state index contributed by atoms with van der Waals surface area (Å²) in [5.41, 5.74) is 5.96. The molecule has 2 aromatic rings. The molecule has 1 amide bonds. The van der Waals surface area contributed by atoms with E-state index in [-0.39, 0.29) is 29.6 Å². The van der Waals surface area contributed by atoms with E-state index >= 15 is 0 Å². The molecule has 7 atom stereocenters. The predicted molar refractivity (Wildman–Crippen MR) is 156 cm³/mol. The lowest BCUT2D eigenvalue weighted by Gasteiger charge is -2.54. The molecule has 5 rings (SSSR count). The van der Waals surface area contributed by atoms with Crippen LogP contribution >= 0.6 is 0 Å². The van der Waals surface area contributed by atoms with Crippen molar-refractivity contribution in [1.82, 2.24) is 4.90 Å². The number of Topliss-reactive ketones (excluding diaryl/α,β-unsaturated/α-hetero) is 3. The van der Waals surface area contributed by atoms with Gasteiger partial charge >= 0.3 is 0 Å². The Morgan fingerprint density at radius 1 is 1.07 bits per heavy atom. The number of aliphatic hydroxyl groups is 2. The number of aliphatic hydroxyl groups excluding tert-OH is 1. The van der Waals surface area contributed by atoms with Gasteiger partial charge in [0.1, 0.15) is 11.7 Å². The molecule has 0 radical (unpaired) electrons. The van der Waals surface area contributed by atoms with Crippen molar-refractivity contribution in [2.75, 3.05) is 26.0 Å². The van der Waals surface area contributed by atoms with Crippen molar-refractivity contribution in [3.8, 4) is 16.9 Å². The molecule has 0 aromatic heterocycles. The number of likely N-dealkylation sites (N-methyl/N-ethyl adjacent to an activating group) is 1. The lowest BCUT2D eigenvalue weighted by Crippen LogP contribution is -2.75. The minimum Gasteiger partial charge on any atom is -0.507 e. The van der Waals surface area contributed by atoms with E-state index in [1.54, 1.807) is 25.1 Å². The Labute approximate surface area is 244 Å². The van der Waals surface area contributed by atoms with Crippen LogP contribution in [0, 0.1) is 29.1 Å². The number of nitrogens with two attached hydrogens (primary N) is 1. The van der Waals surface area contributed by atoms with Crippen LogP contribution in [0.5, 0.6) is 5.75 Å². The van der Waals surface area contributed by atoms with Gasteiger partial charge in [-0.3, -0.25) is 19.2 Å². The Bertz CT molecular complexity index is 1460. The van der Waals surface area contributed by atoms with Crippen LogP contribution in [-0.4, -0.2) is 81.9 Å². The number of nitrogens with zero attached hydrogens (tertiary/aromatic N) is 1. The van der Waals surface area contributed by atoms with Crippen molar-refractivity contribution in [2.45, 2.75) is 51.4 Å². The third-order valence-electron chi connectivity index (χ3n) is 9.19. The number of carbonyl (C=O) groups excluding carboxylic acids is 4. The second-order valence-electron chi connectivity index (χ2n) is 13.4. The summed E-state index contributed by atoms with van der Waals surface area (Å²) in [6, 6.07) is 9.98. The predicted octanol–water partition coefficient (Wildman–Crippen LogP) is 1.78. The zero-order chi connectivity index (χ0) is 30.9. The lowest BCUT2D eigenvalue weighted by molar-refractivity contribution is -0.190. The maximum Gasteiger partial charge on any atom is 0.230 e. The Kier molecular flexibility index (Phi) is 7.32. The number of primary amides is 1. The molecule has 6 N–H and O–H groups in total. The number of nitrogens with one attached hydrogen (secondary N) is 1. The summed E-state index contributed by atoms with van der Waals surface area (Å²) in [6.07, 6.45) is -1.22. The molecule has 2 fully saturated rings. The topological polar surface area (TPSA) is 170 Å². The van der Waals surface area contributed by atoms with Crippen molar-refractivity contribution in [2.24, 2.45) is 34.8 Å². The molecular weight excluding hydrogens is 538 g/mol. The monoisotopic (exact) mass is 577 g/mol. The molecule has 2 saturated carbocycles. The van der Waals surface area contributed by atoms with Crippen molar-refractivity contribution in [3.63, 3.8) is 0 Å². The molecule has 0 aliphatic heterocycles. The molecule has 3 aliphatic rings. The Balaban J connectivity index is 1.55. The van der Waals surface area contributed by atoms with Gasteiger partial charge in [0, 0.05) is 24.2 Å². The van der Waals surface area contributed by atoms with Gasteiger partial charge in [-0.25, -0.2) is 0 Å². The van der Waals surface area contributed by atoms with Crippen LogP contribution in [0.25, 0.3) is 11.1 Å². The summed E-state index contributed by atoms with van der Waals surface area (Å²) >= 11 is 0. The van der Waals surface area contributed by atoms with Crippen LogP contribution in [0.3, 0.4) is 0 Å². The van der Waals surface area contributed by atoms with Crippen molar-refractivity contribution in [3.05, 3.63) is 47.5 Å². The van der Waals surface area contributed by atoms with E-state index in [1.807, 2.05) is 24.3 Å². The summed E-state index contributed by atoms with van der Waals surface area (Å²) in [6.45, 7) is 7.20. The number of rotatable bonds is 5. The standard InChI is InChI=1S/C32H39N3O7/c1-31(2,3)14-34-17-8-6-15(7-9-17)18-10-11-21(36)23-19(18)12-16-13-20-25(35(4)5)27(38)24(30(33)41)29(40)32(20,42)28(39)22(16)26(23)37/h6-11,16,20,22,24-25,27,34,36,38,42H,12-14H2,1-5H3,(H2,33,41)/t16-,20-,22?,24?,25-,27?,32-/m1/s1. The van der Waals surface area contributed by atoms with E-state index in [9.17, 15) is 34.5 Å². The highest BCUT2D eigenvalue weighted by molar-refractivity contribution is 6.25.